The number of urea groups is 1. The van der Waals surface area contributed by atoms with Gasteiger partial charge in [-0.1, -0.05) is 45.0 Å². The van der Waals surface area contributed by atoms with Crippen LogP contribution in [0.5, 0.6) is 0 Å². The Morgan fingerprint density at radius 3 is 2.43 bits per heavy atom. The van der Waals surface area contributed by atoms with Crippen molar-refractivity contribution in [1.29, 1.82) is 0 Å². The highest BCUT2D eigenvalue weighted by atomic mass is 16.3. The molecule has 1 atom stereocenters. The van der Waals surface area contributed by atoms with Crippen molar-refractivity contribution in [2.75, 3.05) is 6.54 Å². The number of carbonyl (C=O) groups excluding carboxylic acids is 3. The summed E-state index contributed by atoms with van der Waals surface area (Å²) in [5.74, 6) is -0.296. The van der Waals surface area contributed by atoms with E-state index in [1.807, 2.05) is 24.3 Å². The molecule has 3 rings (SSSR count). The van der Waals surface area contributed by atoms with Gasteiger partial charge in [-0.2, -0.15) is 0 Å². The third kappa shape index (κ3) is 3.78. The van der Waals surface area contributed by atoms with Crippen LogP contribution in [0.2, 0.25) is 0 Å². The number of nitrogens with zero attached hydrogens (tertiary/aromatic N) is 1. The van der Waals surface area contributed by atoms with E-state index >= 15 is 0 Å². The van der Waals surface area contributed by atoms with E-state index in [0.717, 1.165) is 10.5 Å². The molecule has 1 aromatic carbocycles. The monoisotopic (exact) mass is 383 g/mol. The van der Waals surface area contributed by atoms with E-state index in [-0.39, 0.29) is 18.5 Å². The first-order valence-electron chi connectivity index (χ1n) is 9.15. The Hall–Kier alpha value is -3.09. The lowest BCUT2D eigenvalue weighted by Crippen LogP contribution is -2.43. The molecular formula is C21H25N3O4. The van der Waals surface area contributed by atoms with E-state index < -0.39 is 23.4 Å². The SMILES string of the molecule is CC(C)(C)c1ccc([C@]2(C)NC(=O)N(CC(=O)NCc3ccco3)C2=O)cc1. The van der Waals surface area contributed by atoms with Gasteiger partial charge in [0.15, 0.2) is 0 Å². The first kappa shape index (κ1) is 19.7. The molecule has 2 aromatic rings. The van der Waals surface area contributed by atoms with Crippen LogP contribution in [0.4, 0.5) is 4.79 Å². The van der Waals surface area contributed by atoms with Crippen molar-refractivity contribution in [2.45, 2.75) is 45.2 Å². The predicted octanol–water partition coefficient (Wildman–Crippen LogP) is 2.66. The first-order valence-corrected chi connectivity index (χ1v) is 9.15. The normalized spacial score (nSPS) is 19.6. The van der Waals surface area contributed by atoms with E-state index in [2.05, 4.69) is 31.4 Å². The molecule has 2 N–H and O–H groups in total. The van der Waals surface area contributed by atoms with Crippen LogP contribution in [-0.4, -0.2) is 29.3 Å². The maximum absolute atomic E-state index is 12.9. The molecule has 1 saturated heterocycles. The van der Waals surface area contributed by atoms with Crippen LogP contribution >= 0.6 is 0 Å². The number of amides is 4. The maximum atomic E-state index is 12.9. The molecule has 0 unspecified atom stereocenters. The number of benzene rings is 1. The number of carbonyl (C=O) groups is 3. The Balaban J connectivity index is 1.70. The smallest absolute Gasteiger partial charge is 0.325 e. The lowest BCUT2D eigenvalue weighted by Gasteiger charge is -2.24. The van der Waals surface area contributed by atoms with Gasteiger partial charge in [-0.3, -0.25) is 14.5 Å². The Labute approximate surface area is 164 Å². The van der Waals surface area contributed by atoms with Crippen LogP contribution in [-0.2, 0) is 27.1 Å². The van der Waals surface area contributed by atoms with Gasteiger partial charge in [0.25, 0.3) is 5.91 Å². The van der Waals surface area contributed by atoms with Crippen molar-refractivity contribution in [2.24, 2.45) is 0 Å². The molecule has 0 radical (unpaired) electrons. The van der Waals surface area contributed by atoms with Gasteiger partial charge in [0.2, 0.25) is 5.91 Å². The molecular weight excluding hydrogens is 358 g/mol. The molecule has 148 valence electrons. The Morgan fingerprint density at radius 1 is 1.18 bits per heavy atom. The molecule has 1 fully saturated rings. The minimum Gasteiger partial charge on any atom is -0.467 e. The second kappa shape index (κ2) is 7.14. The van der Waals surface area contributed by atoms with Crippen molar-refractivity contribution < 1.29 is 18.8 Å². The van der Waals surface area contributed by atoms with Crippen LogP contribution in [0.15, 0.2) is 47.1 Å². The zero-order valence-electron chi connectivity index (χ0n) is 16.5. The molecule has 4 amide bonds. The molecule has 7 nitrogen and oxygen atoms in total. The summed E-state index contributed by atoms with van der Waals surface area (Å²) in [6.45, 7) is 7.82. The highest BCUT2D eigenvalue weighted by Gasteiger charge is 2.49. The fourth-order valence-electron chi connectivity index (χ4n) is 3.14. The summed E-state index contributed by atoms with van der Waals surface area (Å²) in [5.41, 5.74) is 0.595. The van der Waals surface area contributed by atoms with Gasteiger partial charge in [-0.25, -0.2) is 4.79 Å². The molecule has 1 aromatic heterocycles. The Morgan fingerprint density at radius 2 is 1.86 bits per heavy atom. The minimum absolute atomic E-state index is 0.0134. The van der Waals surface area contributed by atoms with Gasteiger partial charge >= 0.3 is 6.03 Å². The fraction of sp³-hybridized carbons (Fsp3) is 0.381. The summed E-state index contributed by atoms with van der Waals surface area (Å²) < 4.78 is 5.15. The van der Waals surface area contributed by atoms with Crippen molar-refractivity contribution in [3.05, 3.63) is 59.5 Å². The molecule has 28 heavy (non-hydrogen) atoms. The zero-order valence-corrected chi connectivity index (χ0v) is 16.5. The van der Waals surface area contributed by atoms with E-state index in [1.165, 1.54) is 6.26 Å². The number of furan rings is 1. The quantitative estimate of drug-likeness (QED) is 0.777. The predicted molar refractivity (Wildman–Crippen MR) is 103 cm³/mol. The third-order valence-electron chi connectivity index (χ3n) is 4.94. The highest BCUT2D eigenvalue weighted by molar-refractivity contribution is 6.09. The lowest BCUT2D eigenvalue weighted by molar-refractivity contribution is -0.134. The molecule has 7 heteroatoms. The molecule has 2 heterocycles. The van der Waals surface area contributed by atoms with Crippen LogP contribution in [0.3, 0.4) is 0 Å². The standard InChI is InChI=1S/C21H25N3O4/c1-20(2,3)14-7-9-15(10-8-14)21(4)18(26)24(19(27)23-21)13-17(25)22-12-16-6-5-11-28-16/h5-11H,12-13H2,1-4H3,(H,22,25)(H,23,27)/t21-/m0/s1. The van der Waals surface area contributed by atoms with Crippen LogP contribution in [0.25, 0.3) is 0 Å². The summed E-state index contributed by atoms with van der Waals surface area (Å²) in [4.78, 5) is 38.4. The lowest BCUT2D eigenvalue weighted by atomic mass is 9.84. The zero-order chi connectivity index (χ0) is 20.5. The van der Waals surface area contributed by atoms with Gasteiger partial charge in [0.05, 0.1) is 12.8 Å². The molecule has 0 aliphatic carbocycles. The van der Waals surface area contributed by atoms with Crippen molar-refractivity contribution in [1.82, 2.24) is 15.5 Å². The van der Waals surface area contributed by atoms with E-state index in [1.54, 1.807) is 19.1 Å². The largest absolute Gasteiger partial charge is 0.467 e. The maximum Gasteiger partial charge on any atom is 0.325 e. The van der Waals surface area contributed by atoms with Gasteiger partial charge in [0, 0.05) is 0 Å². The second-order valence-electron chi connectivity index (χ2n) is 8.13. The second-order valence-corrected chi connectivity index (χ2v) is 8.13. The molecule has 0 spiro atoms. The van der Waals surface area contributed by atoms with Crippen molar-refractivity contribution in [3.8, 4) is 0 Å². The minimum atomic E-state index is -1.20. The van der Waals surface area contributed by atoms with Gasteiger partial charge in [0.1, 0.15) is 17.8 Å². The Bertz CT molecular complexity index is 881. The van der Waals surface area contributed by atoms with Gasteiger partial charge < -0.3 is 15.1 Å². The highest BCUT2D eigenvalue weighted by Crippen LogP contribution is 2.31. The van der Waals surface area contributed by atoms with Gasteiger partial charge in [-0.05, 0) is 35.6 Å². The topological polar surface area (TPSA) is 91.7 Å². The van der Waals surface area contributed by atoms with Crippen molar-refractivity contribution >= 4 is 17.8 Å². The average Bonchev–Trinajstić information content (AvgIpc) is 3.23. The van der Waals surface area contributed by atoms with Crippen LogP contribution < -0.4 is 10.6 Å². The van der Waals surface area contributed by atoms with Crippen molar-refractivity contribution in [3.63, 3.8) is 0 Å². The van der Waals surface area contributed by atoms with E-state index in [4.69, 9.17) is 4.42 Å². The number of imide groups is 1. The number of hydrogen-bond donors (Lipinski definition) is 2. The van der Waals surface area contributed by atoms with Crippen LogP contribution in [0.1, 0.15) is 44.6 Å². The average molecular weight is 383 g/mol. The first-order chi connectivity index (χ1) is 13.1. The molecule has 1 aliphatic heterocycles. The number of rotatable bonds is 5. The van der Waals surface area contributed by atoms with Gasteiger partial charge in [-0.15, -0.1) is 0 Å². The summed E-state index contributed by atoms with van der Waals surface area (Å²) >= 11 is 0. The number of nitrogens with one attached hydrogen (secondary N) is 2. The Kier molecular flexibility index (Phi) is 5.02. The van der Waals surface area contributed by atoms with E-state index in [9.17, 15) is 14.4 Å². The molecule has 0 bridgehead atoms. The fourth-order valence-corrected chi connectivity index (χ4v) is 3.14. The summed E-state index contributed by atoms with van der Waals surface area (Å²) in [6.07, 6.45) is 1.51. The summed E-state index contributed by atoms with van der Waals surface area (Å²) in [5, 5.41) is 5.36. The summed E-state index contributed by atoms with van der Waals surface area (Å²) in [7, 11) is 0. The molecule has 1 aliphatic rings. The van der Waals surface area contributed by atoms with Crippen LogP contribution in [0, 0.1) is 0 Å². The van der Waals surface area contributed by atoms with E-state index in [0.29, 0.717) is 11.3 Å². The molecule has 0 saturated carbocycles. The third-order valence-corrected chi connectivity index (χ3v) is 4.94. The number of hydrogen-bond acceptors (Lipinski definition) is 4. The summed E-state index contributed by atoms with van der Waals surface area (Å²) in [6, 6.07) is 10.5.